The lowest BCUT2D eigenvalue weighted by Crippen LogP contribution is -2.51. The van der Waals surface area contributed by atoms with E-state index in [0.29, 0.717) is 0 Å². The molecule has 9 nitrogen and oxygen atoms in total. The summed E-state index contributed by atoms with van der Waals surface area (Å²) >= 11 is 11.9. The number of rotatable bonds is 3. The average Bonchev–Trinajstić information content (AvgIpc) is 2.52. The lowest BCUT2D eigenvalue weighted by atomic mass is 10.2. The summed E-state index contributed by atoms with van der Waals surface area (Å²) in [7, 11) is -4.18. The molecule has 12 heteroatoms. The van der Waals surface area contributed by atoms with Crippen molar-refractivity contribution in [2.45, 2.75) is 31.3 Å². The van der Waals surface area contributed by atoms with E-state index in [9.17, 15) is 23.3 Å². The molecule has 27 heavy (non-hydrogen) atoms. The van der Waals surface area contributed by atoms with Crippen molar-refractivity contribution in [3.05, 3.63) is 32.3 Å². The number of hydrogen-bond donors (Lipinski definition) is 0. The van der Waals surface area contributed by atoms with Gasteiger partial charge in [-0.2, -0.15) is 4.31 Å². The van der Waals surface area contributed by atoms with Gasteiger partial charge in [-0.1, -0.05) is 23.2 Å². The highest BCUT2D eigenvalue weighted by Crippen LogP contribution is 2.38. The molecule has 1 fully saturated rings. The number of nitro groups is 1. The van der Waals surface area contributed by atoms with Crippen molar-refractivity contribution in [3.63, 3.8) is 0 Å². The number of amides is 1. The first-order valence-electron chi connectivity index (χ1n) is 7.95. The Morgan fingerprint density at radius 1 is 1.19 bits per heavy atom. The van der Waals surface area contributed by atoms with E-state index in [-0.39, 0.29) is 31.2 Å². The molecule has 0 atom stereocenters. The summed E-state index contributed by atoms with van der Waals surface area (Å²) < 4.78 is 32.2. The van der Waals surface area contributed by atoms with Crippen LogP contribution in [0.5, 0.6) is 0 Å². The number of benzene rings is 1. The number of ether oxygens (including phenoxy) is 1. The fourth-order valence-corrected chi connectivity index (χ4v) is 5.04. The van der Waals surface area contributed by atoms with Crippen molar-refractivity contribution in [3.8, 4) is 0 Å². The summed E-state index contributed by atoms with van der Waals surface area (Å²) in [6.45, 7) is 5.39. The molecule has 2 rings (SSSR count). The molecule has 1 aromatic carbocycles. The third-order valence-electron chi connectivity index (χ3n) is 3.71. The Bertz CT molecular complexity index is 861. The van der Waals surface area contributed by atoms with Crippen LogP contribution in [0.4, 0.5) is 10.5 Å². The molecule has 150 valence electrons. The van der Waals surface area contributed by atoms with Gasteiger partial charge in [0.05, 0.1) is 9.95 Å². The van der Waals surface area contributed by atoms with Gasteiger partial charge in [-0.3, -0.25) is 10.1 Å². The van der Waals surface area contributed by atoms with Gasteiger partial charge in [0.25, 0.3) is 5.69 Å². The van der Waals surface area contributed by atoms with Gasteiger partial charge in [0.1, 0.15) is 15.5 Å². The summed E-state index contributed by atoms with van der Waals surface area (Å²) in [6.07, 6.45) is -0.536. The van der Waals surface area contributed by atoms with E-state index in [4.69, 9.17) is 27.9 Å². The first-order valence-corrected chi connectivity index (χ1v) is 10.1. The molecule has 1 amide bonds. The molecule has 0 saturated carbocycles. The SMILES string of the molecule is CC(C)(C)OC(=O)N1CCN(S(=O)(=O)c2c(Cl)ccc([N+](=O)[O-])c2Cl)CC1. The molecule has 0 spiro atoms. The quantitative estimate of drug-likeness (QED) is 0.528. The number of halogens is 2. The highest BCUT2D eigenvalue weighted by Gasteiger charge is 2.36. The molecule has 1 aliphatic rings. The van der Waals surface area contributed by atoms with E-state index in [2.05, 4.69) is 0 Å². The molecule has 0 radical (unpaired) electrons. The van der Waals surface area contributed by atoms with Crippen LogP contribution in [-0.2, 0) is 14.8 Å². The summed E-state index contributed by atoms with van der Waals surface area (Å²) in [6, 6.07) is 2.17. The van der Waals surface area contributed by atoms with Crippen LogP contribution < -0.4 is 0 Å². The molecule has 1 heterocycles. The molecule has 0 bridgehead atoms. The van der Waals surface area contributed by atoms with Gasteiger partial charge in [0.2, 0.25) is 10.0 Å². The van der Waals surface area contributed by atoms with Crippen LogP contribution in [0.3, 0.4) is 0 Å². The van der Waals surface area contributed by atoms with Crippen molar-refractivity contribution < 1.29 is 22.9 Å². The lowest BCUT2D eigenvalue weighted by Gasteiger charge is -2.35. The van der Waals surface area contributed by atoms with Crippen LogP contribution >= 0.6 is 23.2 Å². The Kier molecular flexibility index (Phi) is 6.25. The minimum atomic E-state index is -4.18. The van der Waals surface area contributed by atoms with E-state index >= 15 is 0 Å². The normalized spacial score (nSPS) is 16.3. The van der Waals surface area contributed by atoms with E-state index < -0.39 is 42.2 Å². The minimum absolute atomic E-state index is 0.0169. The zero-order chi connectivity index (χ0) is 20.6. The van der Waals surface area contributed by atoms with Gasteiger partial charge in [0.15, 0.2) is 0 Å². The van der Waals surface area contributed by atoms with Crippen molar-refractivity contribution >= 4 is 45.0 Å². The molecule has 1 aromatic rings. The molecular formula is C15H19Cl2N3O6S. The third-order valence-corrected chi connectivity index (χ3v) is 6.62. The van der Waals surface area contributed by atoms with Gasteiger partial charge in [-0.05, 0) is 26.8 Å². The minimum Gasteiger partial charge on any atom is -0.444 e. The summed E-state index contributed by atoms with van der Waals surface area (Å²) in [4.78, 5) is 23.2. The van der Waals surface area contributed by atoms with Crippen molar-refractivity contribution in [2.75, 3.05) is 26.2 Å². The van der Waals surface area contributed by atoms with Crippen LogP contribution in [0, 0.1) is 10.1 Å². The number of sulfonamides is 1. The molecule has 1 aliphatic heterocycles. The maximum Gasteiger partial charge on any atom is 0.410 e. The summed E-state index contributed by atoms with van der Waals surface area (Å²) in [5.41, 5.74) is -1.21. The summed E-state index contributed by atoms with van der Waals surface area (Å²) in [5.74, 6) is 0. The Labute approximate surface area is 167 Å². The fraction of sp³-hybridized carbons (Fsp3) is 0.533. The number of carbonyl (C=O) groups excluding carboxylic acids is 1. The number of piperazine rings is 1. The van der Waals surface area contributed by atoms with E-state index in [1.807, 2.05) is 0 Å². The van der Waals surface area contributed by atoms with Crippen LogP contribution in [0.25, 0.3) is 0 Å². The molecule has 0 unspecified atom stereocenters. The second kappa shape index (κ2) is 7.78. The Hall–Kier alpha value is -1.62. The molecular weight excluding hydrogens is 421 g/mol. The highest BCUT2D eigenvalue weighted by atomic mass is 35.5. The van der Waals surface area contributed by atoms with Gasteiger partial charge < -0.3 is 9.64 Å². The predicted molar refractivity (Wildman–Crippen MR) is 99.7 cm³/mol. The maximum atomic E-state index is 12.9. The fourth-order valence-electron chi connectivity index (χ4n) is 2.47. The standard InChI is InChI=1S/C15H19Cl2N3O6S/c1-15(2,3)26-14(21)18-6-8-19(9-7-18)27(24,25)13-10(16)4-5-11(12(13)17)20(22)23/h4-5H,6-9H2,1-3H3. The van der Waals surface area contributed by atoms with Gasteiger partial charge in [-0.15, -0.1) is 0 Å². The topological polar surface area (TPSA) is 110 Å². The van der Waals surface area contributed by atoms with Crippen LogP contribution in [0.2, 0.25) is 10.0 Å². The Morgan fingerprint density at radius 3 is 2.22 bits per heavy atom. The first-order chi connectivity index (χ1) is 12.3. The third kappa shape index (κ3) is 4.81. The van der Waals surface area contributed by atoms with E-state index in [0.717, 1.165) is 16.4 Å². The molecule has 1 saturated heterocycles. The largest absolute Gasteiger partial charge is 0.444 e. The number of hydrogen-bond acceptors (Lipinski definition) is 6. The smallest absolute Gasteiger partial charge is 0.410 e. The van der Waals surface area contributed by atoms with Gasteiger partial charge in [0, 0.05) is 32.2 Å². The maximum absolute atomic E-state index is 12.9. The molecule has 0 N–H and O–H groups in total. The Balaban J connectivity index is 2.22. The second-order valence-electron chi connectivity index (χ2n) is 6.84. The zero-order valence-corrected chi connectivity index (χ0v) is 17.3. The van der Waals surface area contributed by atoms with Crippen LogP contribution in [0.15, 0.2) is 17.0 Å². The van der Waals surface area contributed by atoms with Crippen LogP contribution in [-0.4, -0.2) is 60.4 Å². The lowest BCUT2D eigenvalue weighted by molar-refractivity contribution is -0.384. The predicted octanol–water partition coefficient (Wildman–Crippen LogP) is 3.14. The monoisotopic (exact) mass is 439 g/mol. The number of nitrogens with zero attached hydrogens (tertiary/aromatic N) is 3. The molecule has 0 aliphatic carbocycles. The number of carbonyl (C=O) groups is 1. The van der Waals surface area contributed by atoms with Crippen molar-refractivity contribution in [1.29, 1.82) is 0 Å². The molecule has 0 aromatic heterocycles. The number of nitro benzene ring substituents is 1. The Morgan fingerprint density at radius 2 is 1.74 bits per heavy atom. The average molecular weight is 440 g/mol. The zero-order valence-electron chi connectivity index (χ0n) is 14.9. The van der Waals surface area contributed by atoms with Gasteiger partial charge in [-0.25, -0.2) is 13.2 Å². The van der Waals surface area contributed by atoms with Crippen molar-refractivity contribution in [2.24, 2.45) is 0 Å². The second-order valence-corrected chi connectivity index (χ2v) is 9.50. The van der Waals surface area contributed by atoms with Crippen molar-refractivity contribution in [1.82, 2.24) is 9.21 Å². The summed E-state index contributed by atoms with van der Waals surface area (Å²) in [5, 5.41) is 10.3. The highest BCUT2D eigenvalue weighted by molar-refractivity contribution is 7.89. The van der Waals surface area contributed by atoms with Crippen LogP contribution in [0.1, 0.15) is 20.8 Å². The van der Waals surface area contributed by atoms with Gasteiger partial charge >= 0.3 is 6.09 Å². The first kappa shape index (κ1) is 21.7. The van der Waals surface area contributed by atoms with E-state index in [1.165, 1.54) is 4.90 Å². The van der Waals surface area contributed by atoms with E-state index in [1.54, 1.807) is 20.8 Å².